The molecule has 5 rings (SSSR count). The highest BCUT2D eigenvalue weighted by Gasteiger charge is 2.31. The van der Waals surface area contributed by atoms with Gasteiger partial charge in [-0.15, -0.1) is 0 Å². The van der Waals surface area contributed by atoms with Crippen LogP contribution in [0.3, 0.4) is 0 Å². The van der Waals surface area contributed by atoms with Crippen LogP contribution in [0.4, 0.5) is 5.13 Å². The number of thiazole rings is 1. The van der Waals surface area contributed by atoms with Gasteiger partial charge in [0.25, 0.3) is 0 Å². The number of fused-ring (bicyclic) bond motifs is 2. The molecule has 0 radical (unpaired) electrons. The van der Waals surface area contributed by atoms with E-state index in [2.05, 4.69) is 10.00 Å². The van der Waals surface area contributed by atoms with Gasteiger partial charge in [-0.25, -0.2) is 9.67 Å². The minimum absolute atomic E-state index is 0.0959. The van der Waals surface area contributed by atoms with Gasteiger partial charge >= 0.3 is 0 Å². The molecule has 2 aromatic heterocycles. The molecule has 2 atom stereocenters. The summed E-state index contributed by atoms with van der Waals surface area (Å²) >= 11 is 1.65. The van der Waals surface area contributed by atoms with Gasteiger partial charge in [0, 0.05) is 26.1 Å². The normalized spacial score (nSPS) is 22.3. The lowest BCUT2D eigenvalue weighted by Crippen LogP contribution is -2.42. The van der Waals surface area contributed by atoms with Gasteiger partial charge in [0.05, 0.1) is 16.5 Å². The quantitative estimate of drug-likeness (QED) is 0.745. The Morgan fingerprint density at radius 2 is 2.12 bits per heavy atom. The Bertz CT molecular complexity index is 948. The molecule has 0 saturated carbocycles. The highest BCUT2D eigenvalue weighted by atomic mass is 32.1. The molecule has 1 N–H and O–H groups in total. The number of piperidine rings is 1. The van der Waals surface area contributed by atoms with E-state index >= 15 is 0 Å². The van der Waals surface area contributed by atoms with Crippen LogP contribution >= 0.6 is 11.3 Å². The number of nitrogens with zero attached hydrogens (tertiary/aromatic N) is 4. The fourth-order valence-corrected chi connectivity index (χ4v) is 4.91. The third-order valence-electron chi connectivity index (χ3n) is 5.21. The Morgan fingerprint density at radius 3 is 2.92 bits per heavy atom. The van der Waals surface area contributed by atoms with Crippen LogP contribution in [0.25, 0.3) is 10.3 Å². The van der Waals surface area contributed by atoms with Crippen LogP contribution in [0, 0.1) is 6.92 Å². The summed E-state index contributed by atoms with van der Waals surface area (Å²) in [6.45, 7) is 3.71. The van der Waals surface area contributed by atoms with Crippen molar-refractivity contribution in [3.8, 4) is 11.5 Å². The van der Waals surface area contributed by atoms with Gasteiger partial charge in [0.15, 0.2) is 22.3 Å². The van der Waals surface area contributed by atoms with Crippen molar-refractivity contribution < 1.29 is 14.6 Å². The fourth-order valence-electron chi connectivity index (χ4n) is 3.85. The van der Waals surface area contributed by atoms with Crippen molar-refractivity contribution >= 4 is 26.8 Å². The molecule has 1 aromatic carbocycles. The Labute approximate surface area is 154 Å². The van der Waals surface area contributed by atoms with Crippen LogP contribution < -0.4 is 14.4 Å². The van der Waals surface area contributed by atoms with E-state index in [4.69, 9.17) is 14.5 Å². The molecule has 1 fully saturated rings. The summed E-state index contributed by atoms with van der Waals surface area (Å²) in [5.41, 5.74) is 3.02. The Morgan fingerprint density at radius 1 is 1.27 bits per heavy atom. The molecule has 8 heteroatoms. The highest BCUT2D eigenvalue weighted by molar-refractivity contribution is 7.22. The number of aliphatic hydroxyl groups excluding tert-OH is 1. The van der Waals surface area contributed by atoms with E-state index in [1.165, 1.54) is 0 Å². The fraction of sp³-hybridized carbons (Fsp3) is 0.444. The van der Waals surface area contributed by atoms with E-state index in [0.29, 0.717) is 6.54 Å². The molecule has 2 aliphatic rings. The number of hydrogen-bond acceptors (Lipinski definition) is 7. The zero-order chi connectivity index (χ0) is 17.8. The predicted molar refractivity (Wildman–Crippen MR) is 99.3 cm³/mol. The highest BCUT2D eigenvalue weighted by Crippen LogP contribution is 2.39. The van der Waals surface area contributed by atoms with E-state index in [-0.39, 0.29) is 12.7 Å². The van der Waals surface area contributed by atoms with Crippen LogP contribution in [-0.4, -0.2) is 45.9 Å². The lowest BCUT2D eigenvalue weighted by atomic mass is 9.87. The number of aliphatic hydroxyl groups is 1. The van der Waals surface area contributed by atoms with Crippen molar-refractivity contribution in [2.75, 3.05) is 24.8 Å². The monoisotopic (exact) mass is 372 g/mol. The molecule has 4 heterocycles. The molecule has 2 unspecified atom stereocenters. The van der Waals surface area contributed by atoms with Crippen molar-refractivity contribution in [3.63, 3.8) is 0 Å². The van der Waals surface area contributed by atoms with Gasteiger partial charge in [-0.1, -0.05) is 17.4 Å². The number of ether oxygens (including phenoxy) is 2. The van der Waals surface area contributed by atoms with Crippen molar-refractivity contribution in [2.45, 2.75) is 25.4 Å². The second-order valence-corrected chi connectivity index (χ2v) is 7.86. The Kier molecular flexibility index (Phi) is 3.58. The van der Waals surface area contributed by atoms with Crippen LogP contribution in [0.15, 0.2) is 18.2 Å². The van der Waals surface area contributed by atoms with Gasteiger partial charge in [0.1, 0.15) is 0 Å². The third kappa shape index (κ3) is 2.44. The lowest BCUT2D eigenvalue weighted by Gasteiger charge is -2.36. The number of rotatable bonds is 2. The van der Waals surface area contributed by atoms with Gasteiger partial charge < -0.3 is 19.5 Å². The molecule has 0 bridgehead atoms. The van der Waals surface area contributed by atoms with E-state index in [9.17, 15) is 5.11 Å². The van der Waals surface area contributed by atoms with Crippen LogP contribution in [-0.2, 0) is 7.05 Å². The van der Waals surface area contributed by atoms with Gasteiger partial charge in [-0.3, -0.25) is 0 Å². The maximum Gasteiger partial charge on any atom is 0.231 e. The number of β-amino-alcohol motifs (C(OH)–C–C–N with tert-alkyl or cyclic N) is 1. The minimum Gasteiger partial charge on any atom is -0.454 e. The maximum absolute atomic E-state index is 10.8. The van der Waals surface area contributed by atoms with E-state index < -0.39 is 6.10 Å². The zero-order valence-corrected chi connectivity index (χ0v) is 15.5. The molecule has 7 nitrogen and oxygen atoms in total. The topological polar surface area (TPSA) is 72.6 Å². The van der Waals surface area contributed by atoms with Gasteiger partial charge in [0.2, 0.25) is 6.79 Å². The summed E-state index contributed by atoms with van der Waals surface area (Å²) in [6, 6.07) is 5.96. The summed E-state index contributed by atoms with van der Waals surface area (Å²) < 4.78 is 13.8. The summed E-state index contributed by atoms with van der Waals surface area (Å²) in [5, 5.41) is 16.1. The van der Waals surface area contributed by atoms with Gasteiger partial charge in [-0.05, 0) is 31.0 Å². The van der Waals surface area contributed by atoms with Crippen molar-refractivity contribution in [1.29, 1.82) is 0 Å². The SMILES string of the molecule is Cc1nn(C)c2nc(N3CCC(c4ccc5c(c4)OCO5)C(O)C3)sc12. The first-order valence-corrected chi connectivity index (χ1v) is 9.54. The molecule has 1 saturated heterocycles. The Balaban J connectivity index is 1.37. The number of aromatic nitrogens is 3. The van der Waals surface area contributed by atoms with Crippen molar-refractivity contribution in [2.24, 2.45) is 7.05 Å². The zero-order valence-electron chi connectivity index (χ0n) is 14.7. The molecule has 26 heavy (non-hydrogen) atoms. The first kappa shape index (κ1) is 15.9. The number of aryl methyl sites for hydroxylation is 2. The summed E-state index contributed by atoms with van der Waals surface area (Å²) in [4.78, 5) is 6.91. The smallest absolute Gasteiger partial charge is 0.231 e. The van der Waals surface area contributed by atoms with E-state index in [1.54, 1.807) is 11.3 Å². The molecular formula is C18H20N4O3S. The number of anilines is 1. The summed E-state index contributed by atoms with van der Waals surface area (Å²) in [7, 11) is 1.92. The molecule has 3 aromatic rings. The van der Waals surface area contributed by atoms with Crippen LogP contribution in [0.2, 0.25) is 0 Å². The third-order valence-corrected chi connectivity index (χ3v) is 6.42. The molecule has 0 spiro atoms. The predicted octanol–water partition coefficient (Wildman–Crippen LogP) is 2.42. The summed E-state index contributed by atoms with van der Waals surface area (Å²) in [6.07, 6.45) is 0.420. The van der Waals surface area contributed by atoms with Crippen LogP contribution in [0.1, 0.15) is 23.6 Å². The second kappa shape index (κ2) is 5.85. The van der Waals surface area contributed by atoms with Crippen LogP contribution in [0.5, 0.6) is 11.5 Å². The minimum atomic E-state index is -0.449. The molecule has 0 aliphatic carbocycles. The average Bonchev–Trinajstić information content (AvgIpc) is 3.32. The lowest BCUT2D eigenvalue weighted by molar-refractivity contribution is 0.130. The molecular weight excluding hydrogens is 352 g/mol. The molecule has 2 aliphatic heterocycles. The largest absolute Gasteiger partial charge is 0.454 e. The van der Waals surface area contributed by atoms with Crippen molar-refractivity contribution in [1.82, 2.24) is 14.8 Å². The van der Waals surface area contributed by atoms with Crippen molar-refractivity contribution in [3.05, 3.63) is 29.5 Å². The average molecular weight is 372 g/mol. The second-order valence-electron chi connectivity index (χ2n) is 6.88. The number of hydrogen-bond donors (Lipinski definition) is 1. The van der Waals surface area contributed by atoms with Gasteiger partial charge in [-0.2, -0.15) is 5.10 Å². The standard InChI is InChI=1S/C18H20N4O3S/c1-10-16-17(21(2)20-10)19-18(26-16)22-6-5-12(13(23)8-22)11-3-4-14-15(7-11)25-9-24-14/h3-4,7,12-13,23H,5-6,8-9H2,1-2H3. The Hall–Kier alpha value is -2.32. The van der Waals surface area contributed by atoms with E-state index in [1.807, 2.05) is 36.9 Å². The summed E-state index contributed by atoms with van der Waals surface area (Å²) in [5.74, 6) is 1.64. The molecule has 136 valence electrons. The molecule has 0 amide bonds. The first-order chi connectivity index (χ1) is 12.6. The maximum atomic E-state index is 10.8. The first-order valence-electron chi connectivity index (χ1n) is 8.73. The number of benzene rings is 1. The van der Waals surface area contributed by atoms with E-state index in [0.717, 1.165) is 51.2 Å².